The van der Waals surface area contributed by atoms with Gasteiger partial charge in [-0.15, -0.1) is 0 Å². The van der Waals surface area contributed by atoms with E-state index in [0.717, 1.165) is 29.9 Å². The molecule has 0 radical (unpaired) electrons. The van der Waals surface area contributed by atoms with Crippen molar-refractivity contribution in [3.05, 3.63) is 29.8 Å². The van der Waals surface area contributed by atoms with Crippen LogP contribution in [0.4, 0.5) is 0 Å². The Hall–Kier alpha value is -2.08. The number of methoxy groups -OCH3 is 1. The number of benzene rings is 1. The molecule has 1 fully saturated rings. The van der Waals surface area contributed by atoms with Crippen molar-refractivity contribution >= 4 is 11.6 Å². The standard InChI is InChI=1S/C20H28N2O4/c1-14(2)21-19(23)20(8-10-25-11-9-20)13-15-12-17(22-26-15)16-6-4-5-7-18(16)24-3/h4-7,14-15H,8-13H2,1-3H3,(H,21,23). The second-order valence-electron chi connectivity index (χ2n) is 7.39. The third-order valence-electron chi connectivity index (χ3n) is 5.12. The minimum absolute atomic E-state index is 0.102. The number of nitrogens with one attached hydrogen (secondary N) is 1. The van der Waals surface area contributed by atoms with E-state index in [1.165, 1.54) is 0 Å². The van der Waals surface area contributed by atoms with Gasteiger partial charge in [-0.3, -0.25) is 4.79 Å². The molecule has 3 rings (SSSR count). The SMILES string of the molecule is COc1ccccc1C1=NOC(CC2(C(=O)NC(C)C)CCOCC2)C1. The summed E-state index contributed by atoms with van der Waals surface area (Å²) in [5.74, 6) is 0.888. The first-order valence-corrected chi connectivity index (χ1v) is 9.29. The highest BCUT2D eigenvalue weighted by atomic mass is 16.6. The average molecular weight is 360 g/mol. The van der Waals surface area contributed by atoms with Gasteiger partial charge in [0.15, 0.2) is 0 Å². The normalized spacial score (nSPS) is 21.8. The summed E-state index contributed by atoms with van der Waals surface area (Å²) in [5, 5.41) is 7.37. The number of carbonyl (C=O) groups excluding carboxylic acids is 1. The van der Waals surface area contributed by atoms with Crippen LogP contribution in [0.15, 0.2) is 29.4 Å². The molecule has 1 atom stereocenters. The Labute approximate surface area is 154 Å². The quantitative estimate of drug-likeness (QED) is 0.847. The van der Waals surface area contributed by atoms with Crippen LogP contribution < -0.4 is 10.1 Å². The van der Waals surface area contributed by atoms with Gasteiger partial charge in [-0.05, 0) is 38.8 Å². The number of carbonyl (C=O) groups is 1. The molecule has 0 spiro atoms. The van der Waals surface area contributed by atoms with Crippen LogP contribution in [-0.4, -0.2) is 44.1 Å². The Morgan fingerprint density at radius 1 is 1.35 bits per heavy atom. The second-order valence-corrected chi connectivity index (χ2v) is 7.39. The first kappa shape index (κ1) is 18.7. The molecule has 0 saturated carbocycles. The summed E-state index contributed by atoms with van der Waals surface area (Å²) >= 11 is 0. The largest absolute Gasteiger partial charge is 0.496 e. The molecule has 0 aromatic heterocycles. The molecule has 1 amide bonds. The van der Waals surface area contributed by atoms with Gasteiger partial charge in [0.1, 0.15) is 11.9 Å². The van der Waals surface area contributed by atoms with Gasteiger partial charge in [-0.2, -0.15) is 0 Å². The number of ether oxygens (including phenoxy) is 2. The van der Waals surface area contributed by atoms with Gasteiger partial charge >= 0.3 is 0 Å². The van der Waals surface area contributed by atoms with Crippen LogP contribution in [0.5, 0.6) is 5.75 Å². The Bertz CT molecular complexity index is 666. The van der Waals surface area contributed by atoms with Crippen molar-refractivity contribution in [1.29, 1.82) is 0 Å². The molecule has 6 heteroatoms. The third kappa shape index (κ3) is 4.01. The average Bonchev–Trinajstić information content (AvgIpc) is 3.10. The number of oxime groups is 1. The van der Waals surface area contributed by atoms with Crippen LogP contribution >= 0.6 is 0 Å². The molecule has 1 aromatic carbocycles. The van der Waals surface area contributed by atoms with E-state index in [4.69, 9.17) is 14.3 Å². The van der Waals surface area contributed by atoms with Crippen LogP contribution in [0.25, 0.3) is 0 Å². The molecule has 142 valence electrons. The minimum atomic E-state index is -0.446. The summed E-state index contributed by atoms with van der Waals surface area (Å²) in [6.45, 7) is 5.19. The highest BCUT2D eigenvalue weighted by molar-refractivity contribution is 6.03. The number of para-hydroxylation sites is 1. The monoisotopic (exact) mass is 360 g/mol. The number of rotatable bonds is 6. The lowest BCUT2D eigenvalue weighted by molar-refractivity contribution is -0.140. The maximum atomic E-state index is 12.9. The summed E-state index contributed by atoms with van der Waals surface area (Å²) in [6, 6.07) is 7.92. The first-order chi connectivity index (χ1) is 12.5. The molecular weight excluding hydrogens is 332 g/mol. The van der Waals surface area contributed by atoms with Crippen LogP contribution in [-0.2, 0) is 14.4 Å². The maximum absolute atomic E-state index is 12.9. The van der Waals surface area contributed by atoms with E-state index >= 15 is 0 Å². The van der Waals surface area contributed by atoms with Crippen LogP contribution in [0.3, 0.4) is 0 Å². The first-order valence-electron chi connectivity index (χ1n) is 9.29. The predicted molar refractivity (Wildman–Crippen MR) is 99.4 cm³/mol. The topological polar surface area (TPSA) is 69.2 Å². The van der Waals surface area contributed by atoms with E-state index < -0.39 is 5.41 Å². The van der Waals surface area contributed by atoms with Gasteiger partial charge in [0.25, 0.3) is 0 Å². The second kappa shape index (κ2) is 8.08. The molecule has 2 heterocycles. The van der Waals surface area contributed by atoms with Gasteiger partial charge in [0.2, 0.25) is 5.91 Å². The molecule has 6 nitrogen and oxygen atoms in total. The van der Waals surface area contributed by atoms with E-state index in [1.807, 2.05) is 38.1 Å². The molecule has 1 saturated heterocycles. The molecule has 2 aliphatic heterocycles. The number of amides is 1. The molecule has 0 bridgehead atoms. The van der Waals surface area contributed by atoms with Crippen molar-refractivity contribution in [2.24, 2.45) is 10.6 Å². The molecule has 1 N–H and O–H groups in total. The molecular formula is C20H28N2O4. The van der Waals surface area contributed by atoms with Crippen molar-refractivity contribution in [2.75, 3.05) is 20.3 Å². The Balaban J connectivity index is 1.71. The smallest absolute Gasteiger partial charge is 0.226 e. The zero-order valence-electron chi connectivity index (χ0n) is 15.8. The van der Waals surface area contributed by atoms with Gasteiger partial charge in [-0.1, -0.05) is 17.3 Å². The molecule has 26 heavy (non-hydrogen) atoms. The lowest BCUT2D eigenvalue weighted by atomic mass is 9.74. The van der Waals surface area contributed by atoms with Crippen molar-refractivity contribution in [3.8, 4) is 5.75 Å². The van der Waals surface area contributed by atoms with Gasteiger partial charge in [-0.25, -0.2) is 0 Å². The van der Waals surface area contributed by atoms with E-state index in [-0.39, 0.29) is 18.1 Å². The van der Waals surface area contributed by atoms with E-state index in [9.17, 15) is 4.79 Å². The molecule has 1 unspecified atom stereocenters. The predicted octanol–water partition coefficient (Wildman–Crippen LogP) is 2.90. The fourth-order valence-electron chi connectivity index (χ4n) is 3.72. The fraction of sp³-hybridized carbons (Fsp3) is 0.600. The van der Waals surface area contributed by atoms with Crippen molar-refractivity contribution < 1.29 is 19.1 Å². The zero-order valence-corrected chi connectivity index (χ0v) is 15.8. The van der Waals surface area contributed by atoms with Crippen molar-refractivity contribution in [2.45, 2.75) is 51.7 Å². The summed E-state index contributed by atoms with van der Waals surface area (Å²) < 4.78 is 10.9. The molecule has 1 aromatic rings. The van der Waals surface area contributed by atoms with Crippen LogP contribution in [0.2, 0.25) is 0 Å². The maximum Gasteiger partial charge on any atom is 0.226 e. The highest BCUT2D eigenvalue weighted by Crippen LogP contribution is 2.39. The lowest BCUT2D eigenvalue weighted by Crippen LogP contribution is -2.48. The summed E-state index contributed by atoms with van der Waals surface area (Å²) in [6.07, 6.45) is 2.66. The van der Waals surface area contributed by atoms with Gasteiger partial charge < -0.3 is 19.6 Å². The Morgan fingerprint density at radius 3 is 2.77 bits per heavy atom. The van der Waals surface area contributed by atoms with E-state index in [0.29, 0.717) is 26.1 Å². The van der Waals surface area contributed by atoms with E-state index in [2.05, 4.69) is 10.5 Å². The fourth-order valence-corrected chi connectivity index (χ4v) is 3.72. The minimum Gasteiger partial charge on any atom is -0.496 e. The Kier molecular flexibility index (Phi) is 5.81. The number of hydrogen-bond donors (Lipinski definition) is 1. The summed E-state index contributed by atoms with van der Waals surface area (Å²) in [7, 11) is 1.65. The molecule has 0 aliphatic carbocycles. The number of hydrogen-bond acceptors (Lipinski definition) is 5. The Morgan fingerprint density at radius 2 is 2.08 bits per heavy atom. The summed E-state index contributed by atoms with van der Waals surface area (Å²) in [4.78, 5) is 18.6. The van der Waals surface area contributed by atoms with Crippen LogP contribution in [0.1, 0.15) is 45.1 Å². The molecule has 2 aliphatic rings. The van der Waals surface area contributed by atoms with Gasteiger partial charge in [0.05, 0.1) is 18.2 Å². The van der Waals surface area contributed by atoms with E-state index in [1.54, 1.807) is 7.11 Å². The number of nitrogens with zero attached hydrogens (tertiary/aromatic N) is 1. The highest BCUT2D eigenvalue weighted by Gasteiger charge is 2.44. The lowest BCUT2D eigenvalue weighted by Gasteiger charge is -2.37. The third-order valence-corrected chi connectivity index (χ3v) is 5.12. The van der Waals surface area contributed by atoms with Crippen molar-refractivity contribution in [3.63, 3.8) is 0 Å². The van der Waals surface area contributed by atoms with Crippen LogP contribution in [0, 0.1) is 5.41 Å². The summed E-state index contributed by atoms with van der Waals surface area (Å²) in [5.41, 5.74) is 1.38. The van der Waals surface area contributed by atoms with Gasteiger partial charge in [0, 0.05) is 37.7 Å². The van der Waals surface area contributed by atoms with Crippen molar-refractivity contribution in [1.82, 2.24) is 5.32 Å². The zero-order chi connectivity index (χ0) is 18.6.